The number of rotatable bonds is 3. The summed E-state index contributed by atoms with van der Waals surface area (Å²) in [5.74, 6) is 0.773. The maximum atomic E-state index is 13.6. The Balaban J connectivity index is 1.59. The van der Waals surface area contributed by atoms with Gasteiger partial charge in [-0.05, 0) is 56.9 Å². The Bertz CT molecular complexity index is 865. The number of ketones is 1. The lowest BCUT2D eigenvalue weighted by molar-refractivity contribution is -0.116. The van der Waals surface area contributed by atoms with Gasteiger partial charge in [-0.2, -0.15) is 0 Å². The lowest BCUT2D eigenvalue weighted by Gasteiger charge is -2.33. The van der Waals surface area contributed by atoms with Crippen molar-refractivity contribution in [2.75, 3.05) is 13.1 Å². The van der Waals surface area contributed by atoms with Crippen molar-refractivity contribution in [3.63, 3.8) is 0 Å². The van der Waals surface area contributed by atoms with E-state index in [2.05, 4.69) is 42.2 Å². The first-order valence-electron chi connectivity index (χ1n) is 11.1. The third-order valence-electron chi connectivity index (χ3n) is 7.03. The predicted molar refractivity (Wildman–Crippen MR) is 113 cm³/mol. The van der Waals surface area contributed by atoms with Crippen LogP contribution in [0.3, 0.4) is 0 Å². The van der Waals surface area contributed by atoms with Crippen LogP contribution in [0.1, 0.15) is 63.9 Å². The number of piperidine rings is 1. The van der Waals surface area contributed by atoms with Crippen LogP contribution in [0.15, 0.2) is 57.7 Å². The molecule has 0 aromatic heterocycles. The summed E-state index contributed by atoms with van der Waals surface area (Å²) in [6.45, 7) is 4.37. The Labute approximate surface area is 168 Å². The normalized spacial score (nSPS) is 26.2. The fourth-order valence-corrected chi connectivity index (χ4v) is 5.73. The third kappa shape index (κ3) is 2.96. The van der Waals surface area contributed by atoms with Gasteiger partial charge in [-0.3, -0.25) is 9.79 Å². The first-order valence-corrected chi connectivity index (χ1v) is 11.1. The number of benzene rings is 1. The standard InChI is InChI=1S/C25H30N2O/c1-17-16-20-23(25(28)21(17)18-10-6-7-11-18)26-22(19-12-4-2-5-13-19)24(20)27-14-8-3-9-15-27/h2,4-5,12-13,18,23H,3,6-11,14-16H2,1H3. The number of carbonyl (C=O) groups is 1. The number of hydrogen-bond donors (Lipinski definition) is 0. The second kappa shape index (κ2) is 7.35. The highest BCUT2D eigenvalue weighted by molar-refractivity contribution is 6.18. The molecule has 1 aromatic rings. The van der Waals surface area contributed by atoms with Crippen LogP contribution in [0.2, 0.25) is 0 Å². The monoisotopic (exact) mass is 374 g/mol. The van der Waals surface area contributed by atoms with Crippen molar-refractivity contribution in [3.05, 3.63) is 58.3 Å². The zero-order valence-electron chi connectivity index (χ0n) is 16.9. The van der Waals surface area contributed by atoms with E-state index in [1.54, 1.807) is 0 Å². The summed E-state index contributed by atoms with van der Waals surface area (Å²) in [5, 5.41) is 0. The van der Waals surface area contributed by atoms with Gasteiger partial charge in [0.05, 0.1) is 11.4 Å². The van der Waals surface area contributed by atoms with Crippen LogP contribution in [0, 0.1) is 5.92 Å². The lowest BCUT2D eigenvalue weighted by atomic mass is 9.78. The average Bonchev–Trinajstić information content (AvgIpc) is 3.38. The van der Waals surface area contributed by atoms with Crippen molar-refractivity contribution in [2.24, 2.45) is 10.9 Å². The van der Waals surface area contributed by atoms with E-state index in [1.807, 2.05) is 0 Å². The number of likely N-dealkylation sites (tertiary alicyclic amines) is 1. The number of fused-ring (bicyclic) bond motifs is 1. The third-order valence-corrected chi connectivity index (χ3v) is 7.03. The van der Waals surface area contributed by atoms with E-state index in [4.69, 9.17) is 4.99 Å². The van der Waals surface area contributed by atoms with Crippen LogP contribution >= 0.6 is 0 Å². The minimum absolute atomic E-state index is 0.272. The lowest BCUT2D eigenvalue weighted by Crippen LogP contribution is -2.34. The summed E-state index contributed by atoms with van der Waals surface area (Å²) in [6, 6.07) is 10.2. The van der Waals surface area contributed by atoms with Gasteiger partial charge in [-0.1, -0.05) is 48.7 Å². The highest BCUT2D eigenvalue weighted by Gasteiger charge is 2.42. The van der Waals surface area contributed by atoms with Crippen LogP contribution in [-0.2, 0) is 4.79 Å². The summed E-state index contributed by atoms with van der Waals surface area (Å²) in [5.41, 5.74) is 7.18. The fraction of sp³-hybridized carbons (Fsp3) is 0.520. The zero-order chi connectivity index (χ0) is 19.1. The first-order chi connectivity index (χ1) is 13.7. The summed E-state index contributed by atoms with van der Waals surface area (Å²) < 4.78 is 0. The Morgan fingerprint density at radius 1 is 0.964 bits per heavy atom. The predicted octanol–water partition coefficient (Wildman–Crippen LogP) is 5.08. The van der Waals surface area contributed by atoms with Gasteiger partial charge in [-0.25, -0.2) is 0 Å². The molecule has 1 saturated carbocycles. The zero-order valence-corrected chi connectivity index (χ0v) is 16.9. The van der Waals surface area contributed by atoms with E-state index in [-0.39, 0.29) is 6.04 Å². The molecule has 0 spiro atoms. The van der Waals surface area contributed by atoms with Gasteiger partial charge in [0.15, 0.2) is 5.78 Å². The molecule has 3 heteroatoms. The molecule has 0 radical (unpaired) electrons. The molecule has 3 nitrogen and oxygen atoms in total. The van der Waals surface area contributed by atoms with Gasteiger partial charge >= 0.3 is 0 Å². The van der Waals surface area contributed by atoms with Crippen molar-refractivity contribution in [1.29, 1.82) is 0 Å². The second-order valence-corrected chi connectivity index (χ2v) is 8.88. The molecular formula is C25H30N2O. The molecular weight excluding hydrogens is 344 g/mol. The summed E-state index contributed by atoms with van der Waals surface area (Å²) in [6.07, 6.45) is 9.59. The SMILES string of the molecule is CC1=C(C2CCCC2)C(=O)C2N=C(c3ccccc3)C(N3CCCCC3)=C2C1. The van der Waals surface area contributed by atoms with E-state index in [9.17, 15) is 4.79 Å². The van der Waals surface area contributed by atoms with E-state index < -0.39 is 0 Å². The Kier molecular flexibility index (Phi) is 4.70. The average molecular weight is 375 g/mol. The van der Waals surface area contributed by atoms with Crippen LogP contribution < -0.4 is 0 Å². The van der Waals surface area contributed by atoms with Crippen molar-refractivity contribution < 1.29 is 4.79 Å². The van der Waals surface area contributed by atoms with Crippen molar-refractivity contribution in [3.8, 4) is 0 Å². The van der Waals surface area contributed by atoms with Crippen LogP contribution in [0.5, 0.6) is 0 Å². The molecule has 2 aliphatic carbocycles. The van der Waals surface area contributed by atoms with Crippen LogP contribution in [0.25, 0.3) is 0 Å². The van der Waals surface area contributed by atoms with Crippen molar-refractivity contribution in [1.82, 2.24) is 4.90 Å². The van der Waals surface area contributed by atoms with Gasteiger partial charge in [0.25, 0.3) is 0 Å². The number of hydrogen-bond acceptors (Lipinski definition) is 3. The van der Waals surface area contributed by atoms with E-state index >= 15 is 0 Å². The molecule has 1 atom stereocenters. The minimum Gasteiger partial charge on any atom is -0.370 e. The molecule has 2 fully saturated rings. The minimum atomic E-state index is -0.272. The molecule has 0 N–H and O–H groups in total. The van der Waals surface area contributed by atoms with Gasteiger partial charge in [0.1, 0.15) is 6.04 Å². The molecule has 0 bridgehead atoms. The molecule has 2 aliphatic heterocycles. The first kappa shape index (κ1) is 17.9. The van der Waals surface area contributed by atoms with Crippen molar-refractivity contribution >= 4 is 11.5 Å². The van der Waals surface area contributed by atoms with E-state index in [0.29, 0.717) is 11.7 Å². The Hall–Kier alpha value is -2.16. The maximum absolute atomic E-state index is 13.6. The molecule has 146 valence electrons. The van der Waals surface area contributed by atoms with Gasteiger partial charge < -0.3 is 4.90 Å². The molecule has 1 unspecified atom stereocenters. The molecule has 0 amide bonds. The highest BCUT2D eigenvalue weighted by atomic mass is 16.1. The topological polar surface area (TPSA) is 32.7 Å². The molecule has 5 rings (SSSR count). The Morgan fingerprint density at radius 2 is 1.68 bits per heavy atom. The number of allylic oxidation sites excluding steroid dienone is 2. The van der Waals surface area contributed by atoms with E-state index in [0.717, 1.165) is 36.4 Å². The summed E-state index contributed by atoms with van der Waals surface area (Å²) in [7, 11) is 0. The van der Waals surface area contributed by atoms with Crippen LogP contribution in [-0.4, -0.2) is 35.5 Å². The molecule has 28 heavy (non-hydrogen) atoms. The number of nitrogens with zero attached hydrogens (tertiary/aromatic N) is 2. The van der Waals surface area contributed by atoms with Crippen LogP contribution in [0.4, 0.5) is 0 Å². The van der Waals surface area contributed by atoms with Gasteiger partial charge in [0.2, 0.25) is 0 Å². The van der Waals surface area contributed by atoms with Gasteiger partial charge in [0, 0.05) is 24.2 Å². The highest BCUT2D eigenvalue weighted by Crippen LogP contribution is 2.43. The number of aliphatic imine (C=N–C) groups is 1. The smallest absolute Gasteiger partial charge is 0.187 e. The Morgan fingerprint density at radius 3 is 2.39 bits per heavy atom. The summed E-state index contributed by atoms with van der Waals surface area (Å²) >= 11 is 0. The quantitative estimate of drug-likeness (QED) is 0.739. The largest absolute Gasteiger partial charge is 0.370 e. The molecule has 1 saturated heterocycles. The second-order valence-electron chi connectivity index (χ2n) is 8.88. The van der Waals surface area contributed by atoms with Gasteiger partial charge in [-0.15, -0.1) is 0 Å². The molecule has 2 heterocycles. The fourth-order valence-electron chi connectivity index (χ4n) is 5.73. The molecule has 1 aromatic carbocycles. The number of Topliss-reactive ketones (excluding diaryl/α,β-unsaturated/α-hetero) is 1. The maximum Gasteiger partial charge on any atom is 0.187 e. The number of carbonyl (C=O) groups excluding carboxylic acids is 1. The molecule has 4 aliphatic rings. The van der Waals surface area contributed by atoms with Crippen molar-refractivity contribution in [2.45, 2.75) is 64.3 Å². The summed E-state index contributed by atoms with van der Waals surface area (Å²) in [4.78, 5) is 21.2. The van der Waals surface area contributed by atoms with E-state index in [1.165, 1.54) is 61.8 Å².